The van der Waals surface area contributed by atoms with Crippen molar-refractivity contribution >= 4 is 27.5 Å². The molecule has 1 N–H and O–H groups in total. The quantitative estimate of drug-likeness (QED) is 0.530. The molecule has 0 aliphatic carbocycles. The van der Waals surface area contributed by atoms with E-state index in [4.69, 9.17) is 21.1 Å². The van der Waals surface area contributed by atoms with E-state index in [2.05, 4.69) is 5.32 Å². The highest BCUT2D eigenvalue weighted by Crippen LogP contribution is 2.26. The lowest BCUT2D eigenvalue weighted by Crippen LogP contribution is -2.38. The van der Waals surface area contributed by atoms with E-state index in [1.807, 2.05) is 13.8 Å². The fourth-order valence-corrected chi connectivity index (χ4v) is 5.31. The van der Waals surface area contributed by atoms with Gasteiger partial charge in [-0.25, -0.2) is 8.42 Å². The molecule has 1 aliphatic heterocycles. The predicted molar refractivity (Wildman–Crippen MR) is 129 cm³/mol. The highest BCUT2D eigenvalue weighted by atomic mass is 35.5. The number of sulfonamides is 1. The fourth-order valence-electron chi connectivity index (χ4n) is 3.68. The Balaban J connectivity index is 1.44. The van der Waals surface area contributed by atoms with Gasteiger partial charge in [-0.3, -0.25) is 4.79 Å². The van der Waals surface area contributed by atoms with E-state index >= 15 is 0 Å². The molecule has 1 amide bonds. The maximum Gasteiger partial charge on any atom is 0.260 e. The van der Waals surface area contributed by atoms with Gasteiger partial charge >= 0.3 is 0 Å². The van der Waals surface area contributed by atoms with Crippen molar-refractivity contribution in [3.8, 4) is 11.5 Å². The Kier molecular flexibility index (Phi) is 8.62. The van der Waals surface area contributed by atoms with Crippen molar-refractivity contribution in [2.24, 2.45) is 0 Å². The first kappa shape index (κ1) is 25.3. The molecule has 0 aromatic heterocycles. The number of carbonyl (C=O) groups is 1. The van der Waals surface area contributed by atoms with Gasteiger partial charge in [-0.15, -0.1) is 0 Å². The SMILES string of the molecule is Cc1cc(O[C@H](C)C(=O)NCCOc2ccc(S(=O)(=O)N3CCCCC3)cc2)cc(C)c1Cl. The van der Waals surface area contributed by atoms with Crippen molar-refractivity contribution < 1.29 is 22.7 Å². The third-order valence-corrected chi connectivity index (χ3v) is 8.05. The smallest absolute Gasteiger partial charge is 0.260 e. The van der Waals surface area contributed by atoms with Gasteiger partial charge in [0.05, 0.1) is 11.4 Å². The summed E-state index contributed by atoms with van der Waals surface area (Å²) in [6.45, 7) is 7.13. The molecule has 1 aliphatic rings. The Labute approximate surface area is 201 Å². The van der Waals surface area contributed by atoms with E-state index in [0.717, 1.165) is 30.4 Å². The van der Waals surface area contributed by atoms with Crippen LogP contribution in [0.5, 0.6) is 11.5 Å². The van der Waals surface area contributed by atoms with Crippen LogP contribution in [-0.2, 0) is 14.8 Å². The Morgan fingerprint density at radius 2 is 1.67 bits per heavy atom. The van der Waals surface area contributed by atoms with Gasteiger partial charge in [0, 0.05) is 18.1 Å². The van der Waals surface area contributed by atoms with E-state index in [-0.39, 0.29) is 17.4 Å². The summed E-state index contributed by atoms with van der Waals surface area (Å²) in [5.41, 5.74) is 1.78. The number of benzene rings is 2. The minimum atomic E-state index is -3.46. The maximum absolute atomic E-state index is 12.7. The van der Waals surface area contributed by atoms with Crippen LogP contribution in [0.25, 0.3) is 0 Å². The van der Waals surface area contributed by atoms with E-state index in [0.29, 0.717) is 36.2 Å². The zero-order valence-corrected chi connectivity index (χ0v) is 20.8. The minimum absolute atomic E-state index is 0.246. The Morgan fingerprint density at radius 3 is 2.27 bits per heavy atom. The maximum atomic E-state index is 12.7. The number of halogens is 1. The number of rotatable bonds is 9. The lowest BCUT2D eigenvalue weighted by Gasteiger charge is -2.25. The van der Waals surface area contributed by atoms with Crippen LogP contribution in [0.1, 0.15) is 37.3 Å². The molecule has 1 fully saturated rings. The van der Waals surface area contributed by atoms with Crippen molar-refractivity contribution in [3.63, 3.8) is 0 Å². The van der Waals surface area contributed by atoms with Gasteiger partial charge in [0.25, 0.3) is 5.91 Å². The van der Waals surface area contributed by atoms with E-state index < -0.39 is 16.1 Å². The molecule has 33 heavy (non-hydrogen) atoms. The topological polar surface area (TPSA) is 84.9 Å². The summed E-state index contributed by atoms with van der Waals surface area (Å²) in [6.07, 6.45) is 2.19. The van der Waals surface area contributed by atoms with Gasteiger partial charge in [-0.2, -0.15) is 4.31 Å². The lowest BCUT2D eigenvalue weighted by molar-refractivity contribution is -0.127. The zero-order chi connectivity index (χ0) is 24.0. The molecule has 9 heteroatoms. The molecular weight excluding hydrogens is 464 g/mol. The van der Waals surface area contributed by atoms with E-state index in [9.17, 15) is 13.2 Å². The van der Waals surface area contributed by atoms with Crippen molar-refractivity contribution in [2.45, 2.75) is 51.0 Å². The van der Waals surface area contributed by atoms with Crippen LogP contribution in [0.3, 0.4) is 0 Å². The van der Waals surface area contributed by atoms with Crippen LogP contribution in [0.15, 0.2) is 41.3 Å². The molecule has 0 unspecified atom stereocenters. The van der Waals surface area contributed by atoms with Crippen LogP contribution in [0.4, 0.5) is 0 Å². The largest absolute Gasteiger partial charge is 0.492 e. The number of hydrogen-bond acceptors (Lipinski definition) is 5. The summed E-state index contributed by atoms with van der Waals surface area (Å²) in [4.78, 5) is 12.6. The third kappa shape index (κ3) is 6.62. The number of carbonyl (C=O) groups excluding carboxylic acids is 1. The van der Waals surface area contributed by atoms with Gasteiger partial charge in [0.15, 0.2) is 6.10 Å². The molecule has 2 aromatic rings. The average molecular weight is 495 g/mol. The molecule has 0 radical (unpaired) electrons. The van der Waals surface area contributed by atoms with Gasteiger partial charge < -0.3 is 14.8 Å². The first-order valence-electron chi connectivity index (χ1n) is 11.1. The number of amides is 1. The van der Waals surface area contributed by atoms with Crippen LogP contribution in [0, 0.1) is 13.8 Å². The summed E-state index contributed by atoms with van der Waals surface area (Å²) in [6, 6.07) is 9.99. The van der Waals surface area contributed by atoms with Gasteiger partial charge in [0.2, 0.25) is 10.0 Å². The molecule has 1 saturated heterocycles. The minimum Gasteiger partial charge on any atom is -0.492 e. The fraction of sp³-hybridized carbons (Fsp3) is 0.458. The Hall–Kier alpha value is -2.29. The molecule has 1 atom stereocenters. The molecule has 3 rings (SSSR count). The third-order valence-electron chi connectivity index (χ3n) is 5.54. The molecular formula is C24H31ClN2O5S. The normalized spacial score (nSPS) is 15.6. The predicted octanol–water partition coefficient (Wildman–Crippen LogP) is 4.09. The summed E-state index contributed by atoms with van der Waals surface area (Å²) >= 11 is 6.17. The molecule has 0 bridgehead atoms. The molecule has 1 heterocycles. The number of nitrogens with one attached hydrogen (secondary N) is 1. The van der Waals surface area contributed by atoms with Crippen LogP contribution < -0.4 is 14.8 Å². The van der Waals surface area contributed by atoms with Gasteiger partial charge in [-0.05, 0) is 81.1 Å². The standard InChI is InChI=1S/C24H31ClN2O5S/c1-17-15-21(16-18(2)23(17)25)32-19(3)24(28)26-11-14-31-20-7-9-22(10-8-20)33(29,30)27-12-5-4-6-13-27/h7-10,15-16,19H,4-6,11-14H2,1-3H3,(H,26,28)/t19-/m1/s1. The van der Waals surface area contributed by atoms with Crippen LogP contribution >= 0.6 is 11.6 Å². The summed E-state index contributed by atoms with van der Waals surface area (Å²) < 4.78 is 38.3. The van der Waals surface area contributed by atoms with Crippen molar-refractivity contribution in [3.05, 3.63) is 52.5 Å². The zero-order valence-electron chi connectivity index (χ0n) is 19.3. The molecule has 0 saturated carbocycles. The molecule has 180 valence electrons. The highest BCUT2D eigenvalue weighted by molar-refractivity contribution is 7.89. The molecule has 0 spiro atoms. The van der Waals surface area contributed by atoms with Crippen molar-refractivity contribution in [2.75, 3.05) is 26.2 Å². The first-order chi connectivity index (χ1) is 15.7. The Morgan fingerprint density at radius 1 is 1.06 bits per heavy atom. The Bertz CT molecular complexity index is 1040. The van der Waals surface area contributed by atoms with E-state index in [1.54, 1.807) is 43.3 Å². The summed E-state index contributed by atoms with van der Waals surface area (Å²) in [5, 5.41) is 3.46. The first-order valence-corrected chi connectivity index (χ1v) is 12.9. The van der Waals surface area contributed by atoms with Crippen molar-refractivity contribution in [1.82, 2.24) is 9.62 Å². The number of ether oxygens (including phenoxy) is 2. The molecule has 7 nitrogen and oxygen atoms in total. The van der Waals surface area contributed by atoms with Crippen LogP contribution in [-0.4, -0.2) is 51.0 Å². The van der Waals surface area contributed by atoms with Crippen LogP contribution in [0.2, 0.25) is 5.02 Å². The average Bonchev–Trinajstić information content (AvgIpc) is 2.81. The number of nitrogens with zero attached hydrogens (tertiary/aromatic N) is 1. The molecule has 2 aromatic carbocycles. The second-order valence-corrected chi connectivity index (χ2v) is 10.5. The van der Waals surface area contributed by atoms with Gasteiger partial charge in [0.1, 0.15) is 18.1 Å². The number of piperidine rings is 1. The number of aryl methyl sites for hydroxylation is 2. The van der Waals surface area contributed by atoms with E-state index in [1.165, 1.54) is 4.31 Å². The second-order valence-electron chi connectivity index (χ2n) is 8.21. The second kappa shape index (κ2) is 11.2. The monoisotopic (exact) mass is 494 g/mol. The number of hydrogen-bond donors (Lipinski definition) is 1. The van der Waals surface area contributed by atoms with Crippen molar-refractivity contribution in [1.29, 1.82) is 0 Å². The summed E-state index contributed by atoms with van der Waals surface area (Å²) in [5.74, 6) is 0.873. The van der Waals surface area contributed by atoms with Gasteiger partial charge in [-0.1, -0.05) is 18.0 Å². The summed E-state index contributed by atoms with van der Waals surface area (Å²) in [7, 11) is -3.46. The highest BCUT2D eigenvalue weighted by Gasteiger charge is 2.25. The lowest BCUT2D eigenvalue weighted by atomic mass is 10.1.